The zero-order chi connectivity index (χ0) is 38.1. The van der Waals surface area contributed by atoms with Gasteiger partial charge in [-0.3, -0.25) is 9.88 Å². The summed E-state index contributed by atoms with van der Waals surface area (Å²) in [4.78, 5) is 32.4. The molecule has 5 aliphatic heterocycles. The van der Waals surface area contributed by atoms with Crippen molar-refractivity contribution in [3.8, 4) is 29.6 Å². The Kier molecular flexibility index (Phi) is 8.85. The first-order valence-corrected chi connectivity index (χ1v) is 18.9. The van der Waals surface area contributed by atoms with Crippen molar-refractivity contribution in [2.45, 2.75) is 74.5 Å². The van der Waals surface area contributed by atoms with Gasteiger partial charge in [-0.25, -0.2) is 22.4 Å². The minimum atomic E-state index is -2.92. The van der Waals surface area contributed by atoms with Crippen LogP contribution in [-0.2, 0) is 4.74 Å². The van der Waals surface area contributed by atoms with Crippen LogP contribution in [0.3, 0.4) is 0 Å². The second kappa shape index (κ2) is 13.6. The Morgan fingerprint density at radius 1 is 1.09 bits per heavy atom. The lowest BCUT2D eigenvalue weighted by molar-refractivity contribution is -0.0621. The molecule has 0 saturated carbocycles. The highest BCUT2D eigenvalue weighted by Gasteiger charge is 2.52. The third-order valence-corrected chi connectivity index (χ3v) is 12.0. The first kappa shape index (κ1) is 35.7. The molecule has 1 amide bonds. The number of terminal acetylenes is 1. The zero-order valence-corrected chi connectivity index (χ0v) is 30.3. The molecule has 0 radical (unpaired) electrons. The van der Waals surface area contributed by atoms with Crippen LogP contribution in [-0.4, -0.2) is 106 Å². The minimum Gasteiger partial charge on any atom is -0.461 e. The predicted octanol–water partition coefficient (Wildman–Crippen LogP) is 6.45. The molecule has 5 saturated heterocycles. The summed E-state index contributed by atoms with van der Waals surface area (Å²) in [5, 5.41) is 5.09. The van der Waals surface area contributed by atoms with Gasteiger partial charge in [0.25, 0.3) is 5.92 Å². The van der Waals surface area contributed by atoms with Crippen molar-refractivity contribution in [2.24, 2.45) is 0 Å². The first-order chi connectivity index (χ1) is 26.5. The van der Waals surface area contributed by atoms with E-state index in [1.54, 1.807) is 30.5 Å². The molecular weight excluding hydrogens is 714 g/mol. The maximum absolute atomic E-state index is 17.0. The van der Waals surface area contributed by atoms with Crippen molar-refractivity contribution in [3.63, 3.8) is 0 Å². The number of nitrogens with one attached hydrogen (secondary N) is 1. The van der Waals surface area contributed by atoms with Crippen molar-refractivity contribution in [1.29, 1.82) is 0 Å². The van der Waals surface area contributed by atoms with Crippen molar-refractivity contribution in [3.05, 3.63) is 65.9 Å². The number of amides is 1. The molecular formula is C41H41F4N7O3. The molecule has 5 fully saturated rings. The van der Waals surface area contributed by atoms with Gasteiger partial charge in [-0.05, 0) is 50.0 Å². The number of hydrogen-bond donors (Lipinski definition) is 1. The normalized spacial score (nSPS) is 26.1. The molecule has 0 unspecified atom stereocenters. The summed E-state index contributed by atoms with van der Waals surface area (Å²) < 4.78 is 71.9. The highest BCUT2D eigenvalue weighted by molar-refractivity contribution is 6.02. The lowest BCUT2D eigenvalue weighted by Gasteiger charge is -2.35. The molecule has 286 valence electrons. The lowest BCUT2D eigenvalue weighted by atomic mass is 9.94. The number of halogens is 4. The fourth-order valence-corrected chi connectivity index (χ4v) is 9.51. The topological polar surface area (TPSA) is 96.0 Å². The average molecular weight is 756 g/mol. The maximum atomic E-state index is 17.0. The monoisotopic (exact) mass is 755 g/mol. The zero-order valence-electron chi connectivity index (χ0n) is 30.3. The van der Waals surface area contributed by atoms with Gasteiger partial charge in [-0.2, -0.15) is 9.97 Å². The van der Waals surface area contributed by atoms with Crippen molar-refractivity contribution in [1.82, 2.24) is 30.1 Å². The lowest BCUT2D eigenvalue weighted by Crippen LogP contribution is -2.51. The largest absolute Gasteiger partial charge is 0.461 e. The molecule has 2 aromatic carbocycles. The summed E-state index contributed by atoms with van der Waals surface area (Å²) in [6.07, 6.45) is 10.7. The summed E-state index contributed by atoms with van der Waals surface area (Å²) in [7, 11) is 0. The number of piperidine rings is 1. The minimum absolute atomic E-state index is 0.00505. The standard InChI is InChI=1S/C41H41F4N7O3/c1-3-29-32(42)11-8-25-6-4-7-30(33(25)29)35-34(43)36-31(17-46-35)37(51-19-26-9-10-27(20-51)47-26)49-38(48-36)55-23-40-14-12-28(52(40)18-24(2)16-40)21-54-39(53)50-15-5-13-41(44,45)22-50/h1,4,6-8,11,17,26-28,47H,2,5,9-10,12-16,18-23H2/t26-,27+,28-,40-/m0/s1. The highest BCUT2D eigenvalue weighted by atomic mass is 19.3. The second-order valence-electron chi connectivity index (χ2n) is 15.7. The molecule has 14 heteroatoms. The van der Waals surface area contributed by atoms with Crippen LogP contribution >= 0.6 is 0 Å². The number of anilines is 1. The van der Waals surface area contributed by atoms with Gasteiger partial charge in [-0.15, -0.1) is 6.42 Å². The molecule has 55 heavy (non-hydrogen) atoms. The van der Waals surface area contributed by atoms with Crippen LogP contribution in [0.1, 0.15) is 50.5 Å². The Bertz CT molecular complexity index is 2250. The number of ether oxygens (including phenoxy) is 2. The van der Waals surface area contributed by atoms with E-state index in [4.69, 9.17) is 20.9 Å². The fourth-order valence-electron chi connectivity index (χ4n) is 9.51. The number of nitrogens with zero attached hydrogens (tertiary/aromatic N) is 6. The van der Waals surface area contributed by atoms with Gasteiger partial charge in [0.15, 0.2) is 5.82 Å². The number of alkyl halides is 2. The van der Waals surface area contributed by atoms with Gasteiger partial charge in [0.1, 0.15) is 36.1 Å². The molecule has 7 heterocycles. The Hall–Kier alpha value is -5.00. The Labute approximate surface area is 315 Å². The molecule has 9 rings (SSSR count). The summed E-state index contributed by atoms with van der Waals surface area (Å²) in [6.45, 7) is 5.99. The van der Waals surface area contributed by atoms with Gasteiger partial charge in [0.05, 0.1) is 23.0 Å². The predicted molar refractivity (Wildman–Crippen MR) is 199 cm³/mol. The smallest absolute Gasteiger partial charge is 0.410 e. The Morgan fingerprint density at radius 2 is 1.91 bits per heavy atom. The van der Waals surface area contributed by atoms with E-state index in [-0.39, 0.29) is 73.5 Å². The van der Waals surface area contributed by atoms with Crippen LogP contribution in [0.25, 0.3) is 32.9 Å². The molecule has 2 aromatic heterocycles. The SMILES string of the molecule is C#Cc1c(F)ccc2cccc(-c3ncc4c(N5C[C@H]6CC[C@@H](C5)N6)nc(OC[C@@]56CC[C@@H](COC(=O)N7CCCC(F)(F)C7)N5CC(=C)C6)nc4c3F)c12. The first-order valence-electron chi connectivity index (χ1n) is 18.9. The Balaban J connectivity index is 1.03. The summed E-state index contributed by atoms with van der Waals surface area (Å²) in [5.74, 6) is -1.25. The number of benzene rings is 2. The summed E-state index contributed by atoms with van der Waals surface area (Å²) in [6, 6.07) is 8.49. The average Bonchev–Trinajstić information content (AvgIpc) is 3.81. The highest BCUT2D eigenvalue weighted by Crippen LogP contribution is 2.45. The van der Waals surface area contributed by atoms with E-state index < -0.39 is 35.7 Å². The van der Waals surface area contributed by atoms with Crippen LogP contribution in [0.15, 0.2) is 48.7 Å². The molecule has 5 aliphatic rings. The quantitative estimate of drug-likeness (QED) is 0.130. The molecule has 0 aliphatic carbocycles. The number of piperazine rings is 1. The number of likely N-dealkylation sites (tertiary alicyclic amines) is 1. The summed E-state index contributed by atoms with van der Waals surface area (Å²) >= 11 is 0. The number of rotatable bonds is 7. The van der Waals surface area contributed by atoms with Gasteiger partial charge in [0.2, 0.25) is 0 Å². The molecule has 4 atom stereocenters. The second-order valence-corrected chi connectivity index (χ2v) is 15.7. The number of fused-ring (bicyclic) bond motifs is 5. The molecule has 2 bridgehead atoms. The van der Waals surface area contributed by atoms with E-state index >= 15 is 4.39 Å². The van der Waals surface area contributed by atoms with Crippen LogP contribution in [0.4, 0.5) is 28.2 Å². The van der Waals surface area contributed by atoms with Crippen LogP contribution in [0.5, 0.6) is 6.01 Å². The van der Waals surface area contributed by atoms with E-state index in [0.717, 1.165) is 23.3 Å². The van der Waals surface area contributed by atoms with E-state index in [2.05, 4.69) is 37.6 Å². The van der Waals surface area contributed by atoms with E-state index in [0.29, 0.717) is 66.4 Å². The van der Waals surface area contributed by atoms with Crippen molar-refractivity contribution < 1.29 is 31.8 Å². The van der Waals surface area contributed by atoms with Crippen LogP contribution in [0.2, 0.25) is 0 Å². The van der Waals surface area contributed by atoms with E-state index in [1.165, 1.54) is 6.07 Å². The number of carbonyl (C=O) groups is 1. The van der Waals surface area contributed by atoms with Gasteiger partial charge < -0.3 is 24.6 Å². The number of pyridine rings is 1. The molecule has 10 nitrogen and oxygen atoms in total. The van der Waals surface area contributed by atoms with Gasteiger partial charge >= 0.3 is 12.1 Å². The number of hydrogen-bond acceptors (Lipinski definition) is 9. The third kappa shape index (κ3) is 6.40. The van der Waals surface area contributed by atoms with E-state index in [1.807, 2.05) is 0 Å². The number of aromatic nitrogens is 3. The van der Waals surface area contributed by atoms with E-state index in [9.17, 15) is 18.0 Å². The van der Waals surface area contributed by atoms with Crippen molar-refractivity contribution in [2.75, 3.05) is 50.8 Å². The van der Waals surface area contributed by atoms with Gasteiger partial charge in [-0.1, -0.05) is 42.3 Å². The van der Waals surface area contributed by atoms with Crippen LogP contribution < -0.4 is 15.0 Å². The van der Waals surface area contributed by atoms with Gasteiger partial charge in [0, 0.05) is 67.9 Å². The third-order valence-electron chi connectivity index (χ3n) is 12.0. The molecule has 4 aromatic rings. The number of carbonyl (C=O) groups excluding carboxylic acids is 1. The Morgan fingerprint density at radius 3 is 2.69 bits per heavy atom. The summed E-state index contributed by atoms with van der Waals surface area (Å²) in [5.41, 5.74) is 0.868. The maximum Gasteiger partial charge on any atom is 0.410 e. The molecule has 0 spiro atoms. The van der Waals surface area contributed by atoms with Crippen LogP contribution in [0, 0.1) is 24.0 Å². The molecule has 1 N–H and O–H groups in total. The fraction of sp³-hybridized carbons (Fsp3) is 0.463. The van der Waals surface area contributed by atoms with Crippen molar-refractivity contribution >= 4 is 33.6 Å².